The van der Waals surface area contributed by atoms with Gasteiger partial charge in [0.15, 0.2) is 0 Å². The highest BCUT2D eigenvalue weighted by molar-refractivity contribution is 7.89. The Morgan fingerprint density at radius 1 is 1.18 bits per heavy atom. The summed E-state index contributed by atoms with van der Waals surface area (Å²) in [5.41, 5.74) is 1.54. The number of aryl methyl sites for hydroxylation is 2. The summed E-state index contributed by atoms with van der Waals surface area (Å²) in [5.74, 6) is 0.884. The molecule has 0 unspecified atom stereocenters. The van der Waals surface area contributed by atoms with Gasteiger partial charge in [0, 0.05) is 45.6 Å². The van der Waals surface area contributed by atoms with Gasteiger partial charge in [-0.1, -0.05) is 13.8 Å². The summed E-state index contributed by atoms with van der Waals surface area (Å²) >= 11 is 0. The van der Waals surface area contributed by atoms with Gasteiger partial charge in [-0.2, -0.15) is 4.31 Å². The van der Waals surface area contributed by atoms with Crippen LogP contribution in [0, 0.1) is 0 Å². The number of imidazole rings is 1. The fourth-order valence-electron chi connectivity index (χ4n) is 3.26. The lowest BCUT2D eigenvalue weighted by Gasteiger charge is -2.21. The number of rotatable bonds is 9. The number of carbonyl (C=O) groups excluding carboxylic acids is 1. The Balaban J connectivity index is 2.36. The first kappa shape index (κ1) is 22.4. The molecule has 1 heterocycles. The molecule has 0 spiro atoms. The number of amides is 1. The quantitative estimate of drug-likeness (QED) is 0.639. The van der Waals surface area contributed by atoms with Crippen molar-refractivity contribution in [2.24, 2.45) is 0 Å². The summed E-state index contributed by atoms with van der Waals surface area (Å²) in [4.78, 5) is 18.9. The van der Waals surface area contributed by atoms with Crippen molar-refractivity contribution in [2.75, 3.05) is 20.1 Å². The van der Waals surface area contributed by atoms with E-state index in [1.807, 2.05) is 45.3 Å². The van der Waals surface area contributed by atoms with E-state index in [1.54, 1.807) is 24.1 Å². The fourth-order valence-corrected chi connectivity index (χ4v) is 4.74. The molecule has 1 amide bonds. The van der Waals surface area contributed by atoms with Crippen molar-refractivity contribution in [3.8, 4) is 0 Å². The van der Waals surface area contributed by atoms with Gasteiger partial charge in [0.25, 0.3) is 0 Å². The Morgan fingerprint density at radius 3 is 2.36 bits per heavy atom. The van der Waals surface area contributed by atoms with E-state index >= 15 is 0 Å². The number of nitrogens with zero attached hydrogens (tertiary/aromatic N) is 4. The molecular formula is C20H32N4O3S. The number of aromatic nitrogens is 2. The van der Waals surface area contributed by atoms with Crippen molar-refractivity contribution in [3.05, 3.63) is 24.0 Å². The van der Waals surface area contributed by atoms with Gasteiger partial charge in [0.2, 0.25) is 15.9 Å². The molecule has 0 aliphatic rings. The number of carbonyl (C=O) groups is 1. The first-order chi connectivity index (χ1) is 13.2. The van der Waals surface area contributed by atoms with Crippen LogP contribution in [0.1, 0.15) is 46.9 Å². The third kappa shape index (κ3) is 4.38. The lowest BCUT2D eigenvalue weighted by Crippen LogP contribution is -2.33. The van der Waals surface area contributed by atoms with Gasteiger partial charge in [-0.05, 0) is 39.0 Å². The largest absolute Gasteiger partial charge is 0.343 e. The zero-order chi connectivity index (χ0) is 21.1. The molecule has 0 saturated carbocycles. The number of sulfonamides is 1. The molecule has 0 radical (unpaired) electrons. The molecular weight excluding hydrogens is 376 g/mol. The highest BCUT2D eigenvalue weighted by Crippen LogP contribution is 2.23. The van der Waals surface area contributed by atoms with E-state index in [4.69, 9.17) is 0 Å². The second-order valence-corrected chi connectivity index (χ2v) is 9.05. The van der Waals surface area contributed by atoms with E-state index in [0.717, 1.165) is 11.3 Å². The molecule has 0 saturated heterocycles. The minimum absolute atomic E-state index is 0.0782. The van der Waals surface area contributed by atoms with Gasteiger partial charge >= 0.3 is 0 Å². The van der Waals surface area contributed by atoms with Crippen molar-refractivity contribution < 1.29 is 13.2 Å². The normalized spacial score (nSPS) is 12.3. The van der Waals surface area contributed by atoms with Crippen LogP contribution in [0.4, 0.5) is 0 Å². The molecule has 1 aromatic heterocycles. The van der Waals surface area contributed by atoms with Gasteiger partial charge < -0.3 is 9.47 Å². The molecule has 7 nitrogen and oxygen atoms in total. The van der Waals surface area contributed by atoms with Gasteiger partial charge in [0.1, 0.15) is 5.82 Å². The van der Waals surface area contributed by atoms with E-state index in [1.165, 1.54) is 4.31 Å². The molecule has 0 aliphatic carbocycles. The van der Waals surface area contributed by atoms with Gasteiger partial charge in [0.05, 0.1) is 15.9 Å². The molecule has 2 rings (SSSR count). The first-order valence-electron chi connectivity index (χ1n) is 9.92. The maximum absolute atomic E-state index is 12.8. The fraction of sp³-hybridized carbons (Fsp3) is 0.600. The Labute approximate surface area is 168 Å². The Kier molecular flexibility index (Phi) is 7.22. The van der Waals surface area contributed by atoms with Crippen LogP contribution in [-0.2, 0) is 27.8 Å². The number of hydrogen-bond donors (Lipinski definition) is 0. The van der Waals surface area contributed by atoms with E-state index in [9.17, 15) is 13.2 Å². The average molecular weight is 409 g/mol. The summed E-state index contributed by atoms with van der Waals surface area (Å²) in [5, 5.41) is 0. The first-order valence-corrected chi connectivity index (χ1v) is 11.4. The average Bonchev–Trinajstić information content (AvgIpc) is 3.02. The smallest absolute Gasteiger partial charge is 0.243 e. The molecule has 0 aliphatic heterocycles. The minimum Gasteiger partial charge on any atom is -0.343 e. The molecule has 0 fully saturated rings. The van der Waals surface area contributed by atoms with Crippen LogP contribution >= 0.6 is 0 Å². The van der Waals surface area contributed by atoms with E-state index in [0.29, 0.717) is 38.0 Å². The predicted octanol–water partition coefficient (Wildman–Crippen LogP) is 2.89. The summed E-state index contributed by atoms with van der Waals surface area (Å²) in [6, 6.07) is 5.25. The number of fused-ring (bicyclic) bond motifs is 1. The van der Waals surface area contributed by atoms with Gasteiger partial charge in [-0.25, -0.2) is 13.4 Å². The summed E-state index contributed by atoms with van der Waals surface area (Å²) in [7, 11) is -1.72. The molecule has 2 aromatic rings. The number of benzene rings is 1. The van der Waals surface area contributed by atoms with Crippen LogP contribution < -0.4 is 0 Å². The van der Waals surface area contributed by atoms with E-state index in [-0.39, 0.29) is 16.8 Å². The van der Waals surface area contributed by atoms with Crippen LogP contribution in [0.15, 0.2) is 23.1 Å². The van der Waals surface area contributed by atoms with Crippen LogP contribution in [0.25, 0.3) is 11.0 Å². The second-order valence-electron chi connectivity index (χ2n) is 7.11. The third-order valence-electron chi connectivity index (χ3n) is 5.19. The van der Waals surface area contributed by atoms with Crippen LogP contribution in [-0.4, -0.2) is 59.3 Å². The van der Waals surface area contributed by atoms with Crippen LogP contribution in [0.2, 0.25) is 0 Å². The third-order valence-corrected chi connectivity index (χ3v) is 7.23. The van der Waals surface area contributed by atoms with Gasteiger partial charge in [-0.15, -0.1) is 0 Å². The standard InChI is InChI=1S/C20H32N4O3S/c1-7-23(8-2)28(26,27)16-10-11-18-17(14-16)21-19(24(18)9-3)12-13-20(25)22(6)15(4)5/h10-11,14-15H,7-9,12-13H2,1-6H3. The molecule has 28 heavy (non-hydrogen) atoms. The van der Waals surface area contributed by atoms with Crippen LogP contribution in [0.3, 0.4) is 0 Å². The summed E-state index contributed by atoms with van der Waals surface area (Å²) in [6.45, 7) is 11.2. The topological polar surface area (TPSA) is 75.5 Å². The lowest BCUT2D eigenvalue weighted by atomic mass is 10.2. The highest BCUT2D eigenvalue weighted by Gasteiger charge is 2.23. The van der Waals surface area contributed by atoms with Crippen molar-refractivity contribution in [3.63, 3.8) is 0 Å². The van der Waals surface area contributed by atoms with Crippen molar-refractivity contribution in [2.45, 2.75) is 64.9 Å². The Bertz CT molecular complexity index is 930. The lowest BCUT2D eigenvalue weighted by molar-refractivity contribution is -0.131. The monoisotopic (exact) mass is 408 g/mol. The highest BCUT2D eigenvalue weighted by atomic mass is 32.2. The van der Waals surface area contributed by atoms with Crippen molar-refractivity contribution in [1.82, 2.24) is 18.8 Å². The molecule has 8 heteroatoms. The maximum atomic E-state index is 12.8. The Hall–Kier alpha value is -1.93. The number of hydrogen-bond acceptors (Lipinski definition) is 4. The van der Waals surface area contributed by atoms with Gasteiger partial charge in [-0.3, -0.25) is 4.79 Å². The zero-order valence-corrected chi connectivity index (χ0v) is 18.6. The molecule has 0 atom stereocenters. The van der Waals surface area contributed by atoms with Crippen molar-refractivity contribution >= 4 is 27.0 Å². The second kappa shape index (κ2) is 9.05. The SMILES string of the molecule is CCN(CC)S(=O)(=O)c1ccc2c(c1)nc(CCC(=O)N(C)C(C)C)n2CC. The zero-order valence-electron chi connectivity index (χ0n) is 17.8. The molecule has 1 aromatic carbocycles. The minimum atomic E-state index is -3.53. The van der Waals surface area contributed by atoms with E-state index < -0.39 is 10.0 Å². The maximum Gasteiger partial charge on any atom is 0.243 e. The molecule has 156 valence electrons. The van der Waals surface area contributed by atoms with E-state index in [2.05, 4.69) is 4.98 Å². The van der Waals surface area contributed by atoms with Crippen molar-refractivity contribution in [1.29, 1.82) is 0 Å². The Morgan fingerprint density at radius 2 is 1.82 bits per heavy atom. The van der Waals surface area contributed by atoms with Crippen LogP contribution in [0.5, 0.6) is 0 Å². The predicted molar refractivity (Wildman–Crippen MR) is 112 cm³/mol. The summed E-state index contributed by atoms with van der Waals surface area (Å²) in [6.07, 6.45) is 0.902. The molecule has 0 N–H and O–H groups in total. The molecule has 0 bridgehead atoms. The summed E-state index contributed by atoms with van der Waals surface area (Å²) < 4.78 is 29.1.